The van der Waals surface area contributed by atoms with Gasteiger partial charge in [-0.2, -0.15) is 15.6 Å². The molecular formula is C24H17N5O. The molecule has 0 atom stereocenters. The normalized spacial score (nSPS) is 10.6. The third-order valence-corrected chi connectivity index (χ3v) is 4.76. The Morgan fingerprint density at radius 1 is 0.967 bits per heavy atom. The van der Waals surface area contributed by atoms with Gasteiger partial charge in [-0.3, -0.25) is 5.43 Å². The number of aromatic nitrogens is 1. The number of hydrogen-bond donors (Lipinski definition) is 2. The number of ether oxygens (including phenoxy) is 1. The Bertz CT molecular complexity index is 1310. The minimum atomic E-state index is 0.330. The number of aromatic amines is 1. The summed E-state index contributed by atoms with van der Waals surface area (Å²) in [7, 11) is 1.62. The molecule has 0 unspecified atom stereocenters. The Morgan fingerprint density at radius 3 is 2.33 bits per heavy atom. The van der Waals surface area contributed by atoms with Crippen LogP contribution in [0.25, 0.3) is 22.2 Å². The second-order valence-corrected chi connectivity index (χ2v) is 6.55. The summed E-state index contributed by atoms with van der Waals surface area (Å²) in [6.45, 7) is 0. The van der Waals surface area contributed by atoms with E-state index in [1.165, 1.54) is 0 Å². The van der Waals surface area contributed by atoms with Gasteiger partial charge in [-0.25, -0.2) is 0 Å². The Labute approximate surface area is 173 Å². The molecule has 0 aliphatic carbocycles. The number of hydrazone groups is 1. The number of hydrogen-bond acceptors (Lipinski definition) is 5. The van der Waals surface area contributed by atoms with Crippen LogP contribution in [0.5, 0.6) is 5.75 Å². The van der Waals surface area contributed by atoms with Crippen molar-refractivity contribution in [3.63, 3.8) is 0 Å². The molecule has 0 aliphatic heterocycles. The first-order valence-corrected chi connectivity index (χ1v) is 9.22. The maximum absolute atomic E-state index is 9.43. The SMILES string of the molecule is COc1ccc(-c2[nH]c3cc(C#N)c(C#N)cc3c2C=NNc2ccccc2)cc1. The van der Waals surface area contributed by atoms with Gasteiger partial charge in [0.2, 0.25) is 0 Å². The van der Waals surface area contributed by atoms with E-state index in [4.69, 9.17) is 4.74 Å². The smallest absolute Gasteiger partial charge is 0.118 e. The summed E-state index contributed by atoms with van der Waals surface area (Å²) in [6, 6.07) is 24.9. The summed E-state index contributed by atoms with van der Waals surface area (Å²) in [4.78, 5) is 3.37. The highest BCUT2D eigenvalue weighted by Crippen LogP contribution is 2.32. The minimum absolute atomic E-state index is 0.330. The van der Waals surface area contributed by atoms with Crippen LogP contribution in [0.15, 0.2) is 71.8 Å². The predicted molar refractivity (Wildman–Crippen MR) is 117 cm³/mol. The molecule has 4 rings (SSSR count). The van der Waals surface area contributed by atoms with Crippen molar-refractivity contribution in [1.29, 1.82) is 10.5 Å². The topological polar surface area (TPSA) is 97.0 Å². The summed E-state index contributed by atoms with van der Waals surface area (Å²) < 4.78 is 5.25. The van der Waals surface area contributed by atoms with E-state index < -0.39 is 0 Å². The Kier molecular flexibility index (Phi) is 5.15. The molecular weight excluding hydrogens is 374 g/mol. The average molecular weight is 391 g/mol. The Morgan fingerprint density at radius 2 is 1.67 bits per heavy atom. The highest BCUT2D eigenvalue weighted by atomic mass is 16.5. The monoisotopic (exact) mass is 391 g/mol. The lowest BCUT2D eigenvalue weighted by molar-refractivity contribution is 0.415. The van der Waals surface area contributed by atoms with Gasteiger partial charge in [-0.1, -0.05) is 18.2 Å². The number of nitrogens with zero attached hydrogens (tertiary/aromatic N) is 3. The van der Waals surface area contributed by atoms with E-state index in [0.29, 0.717) is 11.1 Å². The second-order valence-electron chi connectivity index (χ2n) is 6.55. The third-order valence-electron chi connectivity index (χ3n) is 4.76. The summed E-state index contributed by atoms with van der Waals surface area (Å²) >= 11 is 0. The molecule has 2 N–H and O–H groups in total. The fourth-order valence-corrected chi connectivity index (χ4v) is 3.25. The van der Waals surface area contributed by atoms with Crippen molar-refractivity contribution in [1.82, 2.24) is 4.98 Å². The lowest BCUT2D eigenvalue weighted by atomic mass is 10.0. The number of methoxy groups -OCH3 is 1. The molecule has 0 spiro atoms. The number of fused-ring (bicyclic) bond motifs is 1. The fraction of sp³-hybridized carbons (Fsp3) is 0.0417. The summed E-state index contributed by atoms with van der Waals surface area (Å²) in [5.41, 5.74) is 7.89. The highest BCUT2D eigenvalue weighted by molar-refractivity contribution is 6.06. The fourth-order valence-electron chi connectivity index (χ4n) is 3.25. The van der Waals surface area contributed by atoms with E-state index in [9.17, 15) is 10.5 Å². The van der Waals surface area contributed by atoms with Crippen LogP contribution in [0, 0.1) is 22.7 Å². The molecule has 6 nitrogen and oxygen atoms in total. The largest absolute Gasteiger partial charge is 0.497 e. The van der Waals surface area contributed by atoms with E-state index in [1.807, 2.05) is 54.6 Å². The van der Waals surface area contributed by atoms with Crippen molar-refractivity contribution in [3.05, 3.63) is 83.4 Å². The van der Waals surface area contributed by atoms with E-state index in [2.05, 4.69) is 27.6 Å². The van der Waals surface area contributed by atoms with Gasteiger partial charge in [0.15, 0.2) is 0 Å². The van der Waals surface area contributed by atoms with Crippen LogP contribution in [-0.2, 0) is 0 Å². The second kappa shape index (κ2) is 8.22. The first-order chi connectivity index (χ1) is 14.7. The van der Waals surface area contributed by atoms with Crippen molar-refractivity contribution in [2.24, 2.45) is 5.10 Å². The molecule has 30 heavy (non-hydrogen) atoms. The molecule has 0 aliphatic rings. The maximum atomic E-state index is 9.43. The van der Waals surface area contributed by atoms with Gasteiger partial charge in [-0.05, 0) is 54.1 Å². The molecule has 0 amide bonds. The number of H-pyrrole nitrogens is 1. The molecule has 3 aromatic carbocycles. The Hall–Kier alpha value is -4.55. The van der Waals surface area contributed by atoms with Crippen molar-refractivity contribution in [3.8, 4) is 29.1 Å². The van der Waals surface area contributed by atoms with Crippen LogP contribution in [0.4, 0.5) is 5.69 Å². The zero-order valence-corrected chi connectivity index (χ0v) is 16.2. The molecule has 0 saturated heterocycles. The standard InChI is InChI=1S/C24H17N5O/c1-30-20-9-7-16(8-10-20)24-22(15-27-29-19-5-3-2-4-6-19)21-11-17(13-25)18(14-26)12-23(21)28-24/h2-12,15,28-29H,1H3. The van der Waals surface area contributed by atoms with Gasteiger partial charge in [0.1, 0.15) is 17.9 Å². The van der Waals surface area contributed by atoms with E-state index in [-0.39, 0.29) is 0 Å². The van der Waals surface area contributed by atoms with Crippen molar-refractivity contribution >= 4 is 22.8 Å². The van der Waals surface area contributed by atoms with Gasteiger partial charge in [-0.15, -0.1) is 0 Å². The summed E-state index contributed by atoms with van der Waals surface area (Å²) in [5.74, 6) is 0.759. The van der Waals surface area contributed by atoms with Crippen molar-refractivity contribution in [2.75, 3.05) is 12.5 Å². The average Bonchev–Trinajstić information content (AvgIpc) is 3.16. The summed E-state index contributed by atoms with van der Waals surface area (Å²) in [5, 5.41) is 24.0. The van der Waals surface area contributed by atoms with E-state index in [1.54, 1.807) is 25.5 Å². The van der Waals surface area contributed by atoms with E-state index >= 15 is 0 Å². The molecule has 4 aromatic rings. The van der Waals surface area contributed by atoms with Crippen LogP contribution < -0.4 is 10.2 Å². The van der Waals surface area contributed by atoms with Gasteiger partial charge < -0.3 is 9.72 Å². The molecule has 1 aromatic heterocycles. The van der Waals surface area contributed by atoms with Crippen LogP contribution in [0.3, 0.4) is 0 Å². The number of anilines is 1. The number of para-hydroxylation sites is 1. The quantitative estimate of drug-likeness (QED) is 0.368. The number of nitrogens with one attached hydrogen (secondary N) is 2. The van der Waals surface area contributed by atoms with Crippen LogP contribution in [-0.4, -0.2) is 18.3 Å². The minimum Gasteiger partial charge on any atom is -0.497 e. The number of benzene rings is 3. The first-order valence-electron chi connectivity index (χ1n) is 9.22. The molecule has 0 bridgehead atoms. The molecule has 0 fully saturated rings. The number of nitriles is 2. The highest BCUT2D eigenvalue weighted by Gasteiger charge is 2.15. The van der Waals surface area contributed by atoms with Gasteiger partial charge in [0.25, 0.3) is 0 Å². The maximum Gasteiger partial charge on any atom is 0.118 e. The lowest BCUT2D eigenvalue weighted by Gasteiger charge is -2.04. The van der Waals surface area contributed by atoms with Crippen LogP contribution >= 0.6 is 0 Å². The van der Waals surface area contributed by atoms with Crippen LogP contribution in [0.2, 0.25) is 0 Å². The predicted octanol–water partition coefficient (Wildman–Crippen LogP) is 5.03. The molecule has 0 saturated carbocycles. The van der Waals surface area contributed by atoms with Gasteiger partial charge in [0.05, 0.1) is 35.8 Å². The summed E-state index contributed by atoms with van der Waals surface area (Å²) in [6.07, 6.45) is 1.72. The van der Waals surface area contributed by atoms with Crippen LogP contribution in [0.1, 0.15) is 16.7 Å². The third kappa shape index (κ3) is 3.58. The van der Waals surface area contributed by atoms with Crippen molar-refractivity contribution in [2.45, 2.75) is 0 Å². The van der Waals surface area contributed by atoms with Gasteiger partial charge in [0, 0.05) is 16.5 Å². The number of rotatable bonds is 5. The van der Waals surface area contributed by atoms with E-state index in [0.717, 1.165) is 39.2 Å². The molecule has 1 heterocycles. The lowest BCUT2D eigenvalue weighted by Crippen LogP contribution is -1.92. The van der Waals surface area contributed by atoms with Gasteiger partial charge >= 0.3 is 0 Å². The zero-order valence-electron chi connectivity index (χ0n) is 16.2. The Balaban J connectivity index is 1.85. The first kappa shape index (κ1) is 18.8. The molecule has 6 heteroatoms. The molecule has 0 radical (unpaired) electrons. The van der Waals surface area contributed by atoms with Crippen molar-refractivity contribution < 1.29 is 4.74 Å². The molecule has 144 valence electrons. The zero-order chi connectivity index (χ0) is 20.9.